The number of nitrogens with one attached hydrogen (secondary N) is 1. The second-order valence-corrected chi connectivity index (χ2v) is 7.14. The number of aryl methyl sites for hydroxylation is 1. The van der Waals surface area contributed by atoms with Crippen LogP contribution in [0.5, 0.6) is 5.75 Å². The molecule has 1 N–H and O–H groups in total. The Morgan fingerprint density at radius 1 is 1.12 bits per heavy atom. The van der Waals surface area contributed by atoms with Crippen molar-refractivity contribution >= 4 is 10.8 Å². The minimum Gasteiger partial charge on any atom is -0.490 e. The summed E-state index contributed by atoms with van der Waals surface area (Å²) >= 11 is 0. The number of pyridine rings is 1. The molecular weight excluding hydrogens is 324 g/mol. The fraction of sp³-hybridized carbons (Fsp3) is 0.318. The molecule has 4 nitrogen and oxygen atoms in total. The summed E-state index contributed by atoms with van der Waals surface area (Å²) in [4.78, 5) is 17.0. The molecule has 0 saturated carbocycles. The molecular formula is C22H24N2O2. The molecule has 2 heterocycles. The lowest BCUT2D eigenvalue weighted by molar-refractivity contribution is 0.0969. The summed E-state index contributed by atoms with van der Waals surface area (Å²) < 4.78 is 6.18. The lowest BCUT2D eigenvalue weighted by atomic mass is 10.1. The molecule has 26 heavy (non-hydrogen) atoms. The van der Waals surface area contributed by atoms with E-state index in [1.165, 1.54) is 11.1 Å². The first-order valence-electron chi connectivity index (χ1n) is 9.23. The lowest BCUT2D eigenvalue weighted by Gasteiger charge is -2.32. The molecule has 1 aliphatic heterocycles. The minimum absolute atomic E-state index is 0.0569. The Morgan fingerprint density at radius 2 is 1.96 bits per heavy atom. The smallest absolute Gasteiger partial charge is 0.255 e. The lowest BCUT2D eigenvalue weighted by Crippen LogP contribution is -2.37. The van der Waals surface area contributed by atoms with Crippen molar-refractivity contribution < 1.29 is 4.74 Å². The predicted octanol–water partition coefficient (Wildman–Crippen LogP) is 3.88. The molecule has 0 radical (unpaired) electrons. The van der Waals surface area contributed by atoms with Crippen LogP contribution in [-0.2, 0) is 6.54 Å². The second-order valence-electron chi connectivity index (χ2n) is 7.14. The van der Waals surface area contributed by atoms with Crippen molar-refractivity contribution in [1.82, 2.24) is 9.88 Å². The summed E-state index contributed by atoms with van der Waals surface area (Å²) in [6.07, 6.45) is 3.97. The SMILES string of the molecule is Cc1cccc(CN2CCC(Oc3ccc4c(=O)[nH]ccc4c3)CC2)c1. The number of nitrogens with zero attached hydrogens (tertiary/aromatic N) is 1. The summed E-state index contributed by atoms with van der Waals surface area (Å²) in [6, 6.07) is 16.4. The van der Waals surface area contributed by atoms with Gasteiger partial charge in [-0.2, -0.15) is 0 Å². The first-order valence-corrected chi connectivity index (χ1v) is 9.23. The average Bonchev–Trinajstić information content (AvgIpc) is 2.64. The molecule has 0 bridgehead atoms. The zero-order valence-corrected chi connectivity index (χ0v) is 15.1. The Hall–Kier alpha value is -2.59. The molecule has 0 aliphatic carbocycles. The van der Waals surface area contributed by atoms with Crippen LogP contribution in [0.2, 0.25) is 0 Å². The Bertz CT molecular complexity index is 956. The van der Waals surface area contributed by atoms with E-state index < -0.39 is 0 Å². The van der Waals surface area contributed by atoms with E-state index in [2.05, 4.69) is 41.1 Å². The Kier molecular flexibility index (Phi) is 4.76. The van der Waals surface area contributed by atoms with Crippen LogP contribution in [0, 0.1) is 6.92 Å². The van der Waals surface area contributed by atoms with Crippen LogP contribution in [0.4, 0.5) is 0 Å². The fourth-order valence-corrected chi connectivity index (χ4v) is 3.69. The van der Waals surface area contributed by atoms with Gasteiger partial charge in [0, 0.05) is 31.2 Å². The van der Waals surface area contributed by atoms with Gasteiger partial charge in [-0.3, -0.25) is 9.69 Å². The van der Waals surface area contributed by atoms with Gasteiger partial charge >= 0.3 is 0 Å². The van der Waals surface area contributed by atoms with Crippen LogP contribution in [0.3, 0.4) is 0 Å². The molecule has 2 aromatic carbocycles. The van der Waals surface area contributed by atoms with Crippen LogP contribution >= 0.6 is 0 Å². The molecule has 3 aromatic rings. The van der Waals surface area contributed by atoms with E-state index in [1.54, 1.807) is 6.20 Å². The average molecular weight is 348 g/mol. The summed E-state index contributed by atoms with van der Waals surface area (Å²) in [5, 5.41) is 1.62. The molecule has 134 valence electrons. The zero-order chi connectivity index (χ0) is 17.9. The number of piperidine rings is 1. The van der Waals surface area contributed by atoms with Gasteiger partial charge in [-0.15, -0.1) is 0 Å². The minimum atomic E-state index is -0.0569. The molecule has 1 saturated heterocycles. The summed E-state index contributed by atoms with van der Waals surface area (Å²) in [6.45, 7) is 5.24. The molecule has 4 heteroatoms. The van der Waals surface area contributed by atoms with Gasteiger partial charge in [0.15, 0.2) is 0 Å². The first-order chi connectivity index (χ1) is 12.7. The van der Waals surface area contributed by atoms with Gasteiger partial charge in [0.25, 0.3) is 5.56 Å². The molecule has 1 aliphatic rings. The van der Waals surface area contributed by atoms with Gasteiger partial charge in [-0.25, -0.2) is 0 Å². The summed E-state index contributed by atoms with van der Waals surface area (Å²) in [7, 11) is 0. The highest BCUT2D eigenvalue weighted by molar-refractivity contribution is 5.82. The molecule has 0 amide bonds. The second kappa shape index (κ2) is 7.34. The number of aromatic nitrogens is 1. The largest absolute Gasteiger partial charge is 0.490 e. The Labute approximate surface area is 153 Å². The van der Waals surface area contributed by atoms with E-state index in [0.717, 1.165) is 43.6 Å². The maximum atomic E-state index is 11.8. The van der Waals surface area contributed by atoms with Crippen molar-refractivity contribution in [1.29, 1.82) is 0 Å². The summed E-state index contributed by atoms with van der Waals surface area (Å²) in [5.74, 6) is 0.847. The molecule has 0 unspecified atom stereocenters. The third-order valence-corrected chi connectivity index (χ3v) is 5.07. The maximum absolute atomic E-state index is 11.8. The molecule has 0 spiro atoms. The topological polar surface area (TPSA) is 45.3 Å². The van der Waals surface area contributed by atoms with Crippen molar-refractivity contribution in [3.05, 3.63) is 76.2 Å². The van der Waals surface area contributed by atoms with E-state index in [-0.39, 0.29) is 11.7 Å². The molecule has 0 atom stereocenters. The highest BCUT2D eigenvalue weighted by Crippen LogP contribution is 2.23. The van der Waals surface area contributed by atoms with E-state index in [9.17, 15) is 4.79 Å². The van der Waals surface area contributed by atoms with Gasteiger partial charge < -0.3 is 9.72 Å². The third-order valence-electron chi connectivity index (χ3n) is 5.07. The van der Waals surface area contributed by atoms with Gasteiger partial charge in [0.2, 0.25) is 0 Å². The van der Waals surface area contributed by atoms with Gasteiger partial charge in [-0.1, -0.05) is 29.8 Å². The van der Waals surface area contributed by atoms with E-state index in [0.29, 0.717) is 5.39 Å². The highest BCUT2D eigenvalue weighted by atomic mass is 16.5. The van der Waals surface area contributed by atoms with Gasteiger partial charge in [-0.05, 0) is 55.0 Å². The van der Waals surface area contributed by atoms with E-state index in [1.807, 2.05) is 24.3 Å². The molecule has 1 fully saturated rings. The summed E-state index contributed by atoms with van der Waals surface area (Å²) in [5.41, 5.74) is 2.64. The number of hydrogen-bond donors (Lipinski definition) is 1. The van der Waals surface area contributed by atoms with Crippen LogP contribution in [0.25, 0.3) is 10.8 Å². The van der Waals surface area contributed by atoms with Crippen molar-refractivity contribution in [2.75, 3.05) is 13.1 Å². The number of hydrogen-bond acceptors (Lipinski definition) is 3. The number of aromatic amines is 1. The highest BCUT2D eigenvalue weighted by Gasteiger charge is 2.20. The fourth-order valence-electron chi connectivity index (χ4n) is 3.69. The van der Waals surface area contributed by atoms with Crippen LogP contribution in [0.15, 0.2) is 59.5 Å². The Morgan fingerprint density at radius 3 is 2.77 bits per heavy atom. The molecule has 1 aromatic heterocycles. The van der Waals surface area contributed by atoms with Crippen LogP contribution in [-0.4, -0.2) is 29.1 Å². The van der Waals surface area contributed by atoms with E-state index >= 15 is 0 Å². The van der Waals surface area contributed by atoms with Crippen molar-refractivity contribution in [3.8, 4) is 5.75 Å². The normalized spacial score (nSPS) is 16.0. The van der Waals surface area contributed by atoms with Crippen molar-refractivity contribution in [2.24, 2.45) is 0 Å². The number of rotatable bonds is 4. The first kappa shape index (κ1) is 16.9. The van der Waals surface area contributed by atoms with Crippen molar-refractivity contribution in [3.63, 3.8) is 0 Å². The molecule has 4 rings (SSSR count). The number of benzene rings is 2. The number of likely N-dealkylation sites (tertiary alicyclic amines) is 1. The van der Waals surface area contributed by atoms with Gasteiger partial charge in [0.05, 0.1) is 0 Å². The zero-order valence-electron chi connectivity index (χ0n) is 15.1. The number of fused-ring (bicyclic) bond motifs is 1. The maximum Gasteiger partial charge on any atom is 0.255 e. The van der Waals surface area contributed by atoms with Crippen molar-refractivity contribution in [2.45, 2.75) is 32.4 Å². The van der Waals surface area contributed by atoms with E-state index in [4.69, 9.17) is 4.74 Å². The monoisotopic (exact) mass is 348 g/mol. The standard InChI is InChI=1S/C22H24N2O2/c1-16-3-2-4-17(13-16)15-24-11-8-19(9-12-24)26-20-5-6-21-18(14-20)7-10-23-22(21)25/h2-7,10,13-14,19H,8-9,11-12,15H2,1H3,(H,23,25). The van der Waals surface area contributed by atoms with Gasteiger partial charge in [0.1, 0.15) is 11.9 Å². The number of H-pyrrole nitrogens is 1. The number of ether oxygens (including phenoxy) is 1. The van der Waals surface area contributed by atoms with Crippen LogP contribution < -0.4 is 10.3 Å². The Balaban J connectivity index is 1.36. The van der Waals surface area contributed by atoms with Crippen LogP contribution in [0.1, 0.15) is 24.0 Å². The third kappa shape index (κ3) is 3.81. The predicted molar refractivity (Wildman–Crippen MR) is 105 cm³/mol. The quantitative estimate of drug-likeness (QED) is 0.778.